The average Bonchev–Trinajstić information content (AvgIpc) is 2.67. The lowest BCUT2D eigenvalue weighted by Crippen LogP contribution is -2.09. The number of benzene rings is 1. The summed E-state index contributed by atoms with van der Waals surface area (Å²) >= 11 is 12.0. The van der Waals surface area contributed by atoms with Crippen molar-refractivity contribution in [2.24, 2.45) is 0 Å². The molecular formula is C14H18Cl2N2. The summed E-state index contributed by atoms with van der Waals surface area (Å²) in [5, 5.41) is 0.754. The summed E-state index contributed by atoms with van der Waals surface area (Å²) < 4.78 is 2.28. The quantitative estimate of drug-likeness (QED) is 0.719. The van der Waals surface area contributed by atoms with Crippen molar-refractivity contribution < 1.29 is 0 Å². The molecule has 0 aliphatic heterocycles. The molecule has 1 aromatic heterocycles. The molecule has 1 aromatic carbocycles. The molecule has 0 saturated carbocycles. The van der Waals surface area contributed by atoms with Gasteiger partial charge in [-0.3, -0.25) is 0 Å². The van der Waals surface area contributed by atoms with Gasteiger partial charge in [0.2, 0.25) is 0 Å². The molecule has 4 heteroatoms. The van der Waals surface area contributed by atoms with E-state index < -0.39 is 0 Å². The highest BCUT2D eigenvalue weighted by atomic mass is 35.5. The first-order chi connectivity index (χ1) is 8.67. The number of aryl methyl sites for hydroxylation is 1. The Morgan fingerprint density at radius 1 is 1.39 bits per heavy atom. The van der Waals surface area contributed by atoms with Crippen molar-refractivity contribution >= 4 is 34.2 Å². The van der Waals surface area contributed by atoms with Crippen molar-refractivity contribution in [3.05, 3.63) is 29.0 Å². The van der Waals surface area contributed by atoms with Gasteiger partial charge in [0.25, 0.3) is 0 Å². The van der Waals surface area contributed by atoms with Crippen LogP contribution in [0.2, 0.25) is 5.02 Å². The SMILES string of the molecule is CCCC(C)n1c(CCCl)nc2ccc(Cl)cc21. The van der Waals surface area contributed by atoms with Gasteiger partial charge in [-0.1, -0.05) is 24.9 Å². The number of aromatic nitrogens is 2. The van der Waals surface area contributed by atoms with E-state index in [0.717, 1.165) is 41.1 Å². The second-order valence-electron chi connectivity index (χ2n) is 4.61. The van der Waals surface area contributed by atoms with E-state index in [9.17, 15) is 0 Å². The third kappa shape index (κ3) is 2.65. The van der Waals surface area contributed by atoms with Crippen molar-refractivity contribution in [3.63, 3.8) is 0 Å². The second-order valence-corrected chi connectivity index (χ2v) is 5.42. The summed E-state index contributed by atoms with van der Waals surface area (Å²) in [7, 11) is 0. The third-order valence-electron chi connectivity index (χ3n) is 3.19. The molecule has 98 valence electrons. The zero-order chi connectivity index (χ0) is 13.1. The van der Waals surface area contributed by atoms with E-state index in [1.54, 1.807) is 0 Å². The van der Waals surface area contributed by atoms with E-state index >= 15 is 0 Å². The number of hydrogen-bond acceptors (Lipinski definition) is 1. The third-order valence-corrected chi connectivity index (χ3v) is 3.61. The van der Waals surface area contributed by atoms with E-state index in [-0.39, 0.29) is 0 Å². The molecule has 2 rings (SSSR count). The van der Waals surface area contributed by atoms with E-state index in [2.05, 4.69) is 23.4 Å². The number of nitrogens with zero attached hydrogens (tertiary/aromatic N) is 2. The van der Waals surface area contributed by atoms with Crippen molar-refractivity contribution in [1.29, 1.82) is 0 Å². The Balaban J connectivity index is 2.56. The van der Waals surface area contributed by atoms with Crippen LogP contribution in [0.3, 0.4) is 0 Å². The van der Waals surface area contributed by atoms with E-state index in [1.807, 2.05) is 18.2 Å². The van der Waals surface area contributed by atoms with E-state index in [0.29, 0.717) is 11.9 Å². The predicted octanol–water partition coefficient (Wildman–Crippen LogP) is 4.83. The molecule has 0 amide bonds. The molecule has 18 heavy (non-hydrogen) atoms. The van der Waals surface area contributed by atoms with Crippen LogP contribution in [0.15, 0.2) is 18.2 Å². The monoisotopic (exact) mass is 284 g/mol. The largest absolute Gasteiger partial charge is 0.325 e. The Labute approximate surface area is 118 Å². The van der Waals surface area contributed by atoms with Crippen LogP contribution in [0.25, 0.3) is 11.0 Å². The number of imidazole rings is 1. The van der Waals surface area contributed by atoms with Gasteiger partial charge in [0.1, 0.15) is 5.82 Å². The summed E-state index contributed by atoms with van der Waals surface area (Å²) in [5.41, 5.74) is 2.12. The molecule has 0 aliphatic carbocycles. The lowest BCUT2D eigenvalue weighted by atomic mass is 10.2. The summed E-state index contributed by atoms with van der Waals surface area (Å²) in [6.45, 7) is 4.42. The van der Waals surface area contributed by atoms with Crippen LogP contribution in [0.1, 0.15) is 38.6 Å². The minimum absolute atomic E-state index is 0.427. The number of alkyl halides is 1. The second kappa shape index (κ2) is 5.94. The fourth-order valence-electron chi connectivity index (χ4n) is 2.42. The van der Waals surface area contributed by atoms with E-state index in [4.69, 9.17) is 23.2 Å². The maximum Gasteiger partial charge on any atom is 0.111 e. The maximum atomic E-state index is 6.09. The zero-order valence-electron chi connectivity index (χ0n) is 10.8. The standard InChI is InChI=1S/C14H18Cl2N2/c1-3-4-10(2)18-13-9-11(16)5-6-12(13)17-14(18)7-8-15/h5-6,9-10H,3-4,7-8H2,1-2H3. The number of fused-ring (bicyclic) bond motifs is 1. The van der Waals surface area contributed by atoms with Crippen LogP contribution in [0.5, 0.6) is 0 Å². The number of rotatable bonds is 5. The number of hydrogen-bond donors (Lipinski definition) is 0. The normalized spacial score (nSPS) is 13.1. The molecule has 0 aliphatic rings. The molecule has 0 spiro atoms. The molecule has 0 radical (unpaired) electrons. The van der Waals surface area contributed by atoms with Crippen molar-refractivity contribution in [2.75, 3.05) is 5.88 Å². The smallest absolute Gasteiger partial charge is 0.111 e. The first-order valence-electron chi connectivity index (χ1n) is 6.39. The Bertz CT molecular complexity index is 534. The highest BCUT2D eigenvalue weighted by Gasteiger charge is 2.15. The molecule has 1 atom stereocenters. The van der Waals surface area contributed by atoms with Crippen LogP contribution in [0.4, 0.5) is 0 Å². The predicted molar refractivity (Wildman–Crippen MR) is 78.8 cm³/mol. The highest BCUT2D eigenvalue weighted by Crippen LogP contribution is 2.26. The Kier molecular flexibility index (Phi) is 4.52. The zero-order valence-corrected chi connectivity index (χ0v) is 12.3. The van der Waals surface area contributed by atoms with Crippen LogP contribution in [0, 0.1) is 0 Å². The summed E-state index contributed by atoms with van der Waals surface area (Å²) in [6, 6.07) is 6.28. The summed E-state index contributed by atoms with van der Waals surface area (Å²) in [6.07, 6.45) is 3.08. The van der Waals surface area contributed by atoms with Gasteiger partial charge in [-0.25, -0.2) is 4.98 Å². The van der Waals surface area contributed by atoms with Gasteiger partial charge < -0.3 is 4.57 Å². The Morgan fingerprint density at radius 3 is 2.83 bits per heavy atom. The van der Waals surface area contributed by atoms with Gasteiger partial charge in [0.15, 0.2) is 0 Å². The molecule has 2 aromatic rings. The fourth-order valence-corrected chi connectivity index (χ4v) is 2.75. The molecule has 1 unspecified atom stereocenters. The molecular weight excluding hydrogens is 267 g/mol. The van der Waals surface area contributed by atoms with Crippen molar-refractivity contribution in [1.82, 2.24) is 9.55 Å². The molecule has 2 nitrogen and oxygen atoms in total. The van der Waals surface area contributed by atoms with Gasteiger partial charge in [0.05, 0.1) is 11.0 Å². The summed E-state index contributed by atoms with van der Waals surface area (Å²) in [5.74, 6) is 1.65. The van der Waals surface area contributed by atoms with Gasteiger partial charge in [0, 0.05) is 23.4 Å². The van der Waals surface area contributed by atoms with Gasteiger partial charge >= 0.3 is 0 Å². The van der Waals surface area contributed by atoms with Crippen LogP contribution < -0.4 is 0 Å². The first-order valence-corrected chi connectivity index (χ1v) is 7.31. The molecule has 0 bridgehead atoms. The highest BCUT2D eigenvalue weighted by molar-refractivity contribution is 6.31. The number of halogens is 2. The van der Waals surface area contributed by atoms with Gasteiger partial charge in [-0.2, -0.15) is 0 Å². The Hall–Kier alpha value is -0.730. The first kappa shape index (κ1) is 13.7. The van der Waals surface area contributed by atoms with Crippen molar-refractivity contribution in [3.8, 4) is 0 Å². The minimum Gasteiger partial charge on any atom is -0.325 e. The Morgan fingerprint density at radius 2 is 2.17 bits per heavy atom. The molecule has 1 heterocycles. The minimum atomic E-state index is 0.427. The lowest BCUT2D eigenvalue weighted by molar-refractivity contribution is 0.496. The van der Waals surface area contributed by atoms with Crippen molar-refractivity contribution in [2.45, 2.75) is 39.2 Å². The molecule has 0 saturated heterocycles. The maximum absolute atomic E-state index is 6.09. The summed E-state index contributed by atoms with van der Waals surface area (Å²) in [4.78, 5) is 4.67. The molecule has 0 fully saturated rings. The lowest BCUT2D eigenvalue weighted by Gasteiger charge is -2.16. The van der Waals surface area contributed by atoms with E-state index in [1.165, 1.54) is 0 Å². The van der Waals surface area contributed by atoms with Crippen LogP contribution in [-0.2, 0) is 6.42 Å². The molecule has 0 N–H and O–H groups in total. The van der Waals surface area contributed by atoms with Crippen LogP contribution in [-0.4, -0.2) is 15.4 Å². The average molecular weight is 285 g/mol. The van der Waals surface area contributed by atoms with Gasteiger partial charge in [-0.05, 0) is 31.5 Å². The van der Waals surface area contributed by atoms with Gasteiger partial charge in [-0.15, -0.1) is 11.6 Å². The van der Waals surface area contributed by atoms with Crippen LogP contribution >= 0.6 is 23.2 Å². The fraction of sp³-hybridized carbons (Fsp3) is 0.500. The topological polar surface area (TPSA) is 17.8 Å².